The minimum Gasteiger partial charge on any atom is -0.368 e. The van der Waals surface area contributed by atoms with Crippen molar-refractivity contribution in [3.8, 4) is 0 Å². The number of thioether (sulfide) groups is 1. The second-order valence-electron chi connectivity index (χ2n) is 4.69. The number of hydrogen-bond donors (Lipinski definition) is 1. The molecule has 1 aliphatic rings. The molecule has 4 nitrogen and oxygen atoms in total. The Morgan fingerprint density at radius 2 is 2.26 bits per heavy atom. The second kappa shape index (κ2) is 6.10. The second-order valence-corrected chi connectivity index (χ2v) is 5.56. The third-order valence-corrected chi connectivity index (χ3v) is 3.95. The number of carbonyl (C=O) groups excluding carboxylic acids is 2. The first-order chi connectivity index (χ1) is 9.13. The lowest BCUT2D eigenvalue weighted by atomic mass is 10.1. The highest BCUT2D eigenvalue weighted by Crippen LogP contribution is 2.21. The Morgan fingerprint density at radius 1 is 1.47 bits per heavy atom. The third-order valence-electron chi connectivity index (χ3n) is 3.33. The van der Waals surface area contributed by atoms with Gasteiger partial charge in [-0.2, -0.15) is 11.8 Å². The van der Waals surface area contributed by atoms with Crippen LogP contribution in [-0.2, 0) is 10.5 Å². The Balaban J connectivity index is 2.19. The van der Waals surface area contributed by atoms with Crippen molar-refractivity contribution in [1.82, 2.24) is 4.90 Å². The molecule has 1 fully saturated rings. The zero-order valence-electron chi connectivity index (χ0n) is 11.0. The molecular weight excluding hydrogens is 260 g/mol. The Bertz CT molecular complexity index is 490. The lowest BCUT2D eigenvalue weighted by Gasteiger charge is -2.22. The lowest BCUT2D eigenvalue weighted by Crippen LogP contribution is -2.43. The molecular formula is C14H18N2O2S. The number of nitrogens with two attached hydrogens (primary N) is 1. The first-order valence-electron chi connectivity index (χ1n) is 6.31. The molecule has 1 aromatic rings. The van der Waals surface area contributed by atoms with Gasteiger partial charge in [0, 0.05) is 17.9 Å². The fourth-order valence-electron chi connectivity index (χ4n) is 2.43. The predicted octanol–water partition coefficient (Wildman–Crippen LogP) is 1.64. The summed E-state index contributed by atoms with van der Waals surface area (Å²) in [6.07, 6.45) is 3.54. The normalized spacial score (nSPS) is 18.6. The van der Waals surface area contributed by atoms with Gasteiger partial charge in [-0.3, -0.25) is 9.59 Å². The molecule has 0 aromatic heterocycles. The summed E-state index contributed by atoms with van der Waals surface area (Å²) >= 11 is 1.71. The van der Waals surface area contributed by atoms with Gasteiger partial charge in [-0.05, 0) is 36.8 Å². The molecule has 0 saturated carbocycles. The molecule has 5 heteroatoms. The quantitative estimate of drug-likeness (QED) is 0.910. The van der Waals surface area contributed by atoms with Crippen molar-refractivity contribution in [2.24, 2.45) is 5.73 Å². The molecule has 0 aliphatic carbocycles. The predicted molar refractivity (Wildman–Crippen MR) is 76.9 cm³/mol. The SMILES string of the molecule is CSCc1cccc(C(=O)N2CCC[C@H]2C(N)=O)c1. The summed E-state index contributed by atoms with van der Waals surface area (Å²) in [5, 5.41) is 0. The average molecular weight is 278 g/mol. The topological polar surface area (TPSA) is 63.4 Å². The van der Waals surface area contributed by atoms with Crippen LogP contribution in [0.2, 0.25) is 0 Å². The molecule has 1 aromatic carbocycles. The van der Waals surface area contributed by atoms with Gasteiger partial charge in [-0.15, -0.1) is 0 Å². The van der Waals surface area contributed by atoms with Crippen molar-refractivity contribution < 1.29 is 9.59 Å². The molecule has 0 radical (unpaired) electrons. The lowest BCUT2D eigenvalue weighted by molar-refractivity contribution is -0.121. The van der Waals surface area contributed by atoms with Gasteiger partial charge < -0.3 is 10.6 Å². The van der Waals surface area contributed by atoms with Crippen molar-refractivity contribution in [3.05, 3.63) is 35.4 Å². The minimum atomic E-state index is -0.447. The summed E-state index contributed by atoms with van der Waals surface area (Å²) < 4.78 is 0. The summed E-state index contributed by atoms with van der Waals surface area (Å²) in [6.45, 7) is 0.610. The van der Waals surface area contributed by atoms with Crippen LogP contribution in [-0.4, -0.2) is 35.6 Å². The molecule has 0 bridgehead atoms. The fraction of sp³-hybridized carbons (Fsp3) is 0.429. The van der Waals surface area contributed by atoms with Crippen molar-refractivity contribution in [2.45, 2.75) is 24.6 Å². The summed E-state index contributed by atoms with van der Waals surface area (Å²) in [4.78, 5) is 25.4. The first-order valence-corrected chi connectivity index (χ1v) is 7.71. The number of nitrogens with zero attached hydrogens (tertiary/aromatic N) is 1. The van der Waals surface area contributed by atoms with Crippen LogP contribution < -0.4 is 5.73 Å². The zero-order chi connectivity index (χ0) is 13.8. The Kier molecular flexibility index (Phi) is 4.47. The fourth-order valence-corrected chi connectivity index (χ4v) is 2.95. The number of rotatable bonds is 4. The summed E-state index contributed by atoms with van der Waals surface area (Å²) in [5.74, 6) is 0.371. The maximum atomic E-state index is 12.4. The van der Waals surface area contributed by atoms with Crippen LogP contribution in [0.4, 0.5) is 0 Å². The summed E-state index contributed by atoms with van der Waals surface area (Å²) in [6, 6.07) is 7.13. The number of primary amides is 1. The van der Waals surface area contributed by atoms with E-state index in [9.17, 15) is 9.59 Å². The monoisotopic (exact) mass is 278 g/mol. The number of carbonyl (C=O) groups is 2. The molecule has 19 heavy (non-hydrogen) atoms. The van der Waals surface area contributed by atoms with Crippen LogP contribution in [0.15, 0.2) is 24.3 Å². The highest BCUT2D eigenvalue weighted by molar-refractivity contribution is 7.97. The summed E-state index contributed by atoms with van der Waals surface area (Å²) in [5.41, 5.74) is 7.10. The minimum absolute atomic E-state index is 0.0933. The van der Waals surface area contributed by atoms with E-state index in [1.165, 1.54) is 0 Å². The molecule has 1 atom stereocenters. The van der Waals surface area contributed by atoms with Crippen LogP contribution >= 0.6 is 11.8 Å². The maximum absolute atomic E-state index is 12.4. The van der Waals surface area contributed by atoms with Gasteiger partial charge in [-0.25, -0.2) is 0 Å². The molecule has 1 saturated heterocycles. The molecule has 2 amide bonds. The van der Waals surface area contributed by atoms with Gasteiger partial charge in [0.2, 0.25) is 5.91 Å². The molecule has 0 spiro atoms. The Hall–Kier alpha value is -1.49. The van der Waals surface area contributed by atoms with Gasteiger partial charge in [0.05, 0.1) is 0 Å². The van der Waals surface area contributed by atoms with Gasteiger partial charge in [0.1, 0.15) is 6.04 Å². The smallest absolute Gasteiger partial charge is 0.254 e. The number of benzene rings is 1. The van der Waals surface area contributed by atoms with E-state index in [0.717, 1.165) is 17.7 Å². The number of amides is 2. The first kappa shape index (κ1) is 13.9. The van der Waals surface area contributed by atoms with Crippen molar-refractivity contribution in [2.75, 3.05) is 12.8 Å². The van der Waals surface area contributed by atoms with Gasteiger partial charge in [0.15, 0.2) is 0 Å². The van der Waals surface area contributed by atoms with E-state index in [2.05, 4.69) is 0 Å². The molecule has 2 rings (SSSR count). The van der Waals surface area contributed by atoms with Crippen LogP contribution in [0.3, 0.4) is 0 Å². The Labute approximate surface area is 117 Å². The highest BCUT2D eigenvalue weighted by Gasteiger charge is 2.33. The summed E-state index contributed by atoms with van der Waals surface area (Å²) in [7, 11) is 0. The molecule has 1 heterocycles. The zero-order valence-corrected chi connectivity index (χ0v) is 11.8. The van der Waals surface area contributed by atoms with Crippen LogP contribution in [0.5, 0.6) is 0 Å². The van der Waals surface area contributed by atoms with E-state index in [0.29, 0.717) is 18.5 Å². The van der Waals surface area contributed by atoms with E-state index < -0.39 is 11.9 Å². The third kappa shape index (κ3) is 3.10. The van der Waals surface area contributed by atoms with Crippen molar-refractivity contribution in [1.29, 1.82) is 0 Å². The number of hydrogen-bond acceptors (Lipinski definition) is 3. The standard InChI is InChI=1S/C14H18N2O2S/c1-19-9-10-4-2-5-11(8-10)14(18)16-7-3-6-12(16)13(15)17/h2,4-5,8,12H,3,6-7,9H2,1H3,(H2,15,17)/t12-/m0/s1. The van der Waals surface area contributed by atoms with Crippen LogP contribution in [0.1, 0.15) is 28.8 Å². The molecule has 102 valence electrons. The van der Waals surface area contributed by atoms with Crippen LogP contribution in [0.25, 0.3) is 0 Å². The van der Waals surface area contributed by atoms with E-state index in [4.69, 9.17) is 5.73 Å². The van der Waals surface area contributed by atoms with E-state index >= 15 is 0 Å². The average Bonchev–Trinajstić information content (AvgIpc) is 2.88. The van der Waals surface area contributed by atoms with E-state index in [1.807, 2.05) is 24.5 Å². The van der Waals surface area contributed by atoms with Gasteiger partial charge in [0.25, 0.3) is 5.91 Å². The van der Waals surface area contributed by atoms with Gasteiger partial charge in [-0.1, -0.05) is 12.1 Å². The Morgan fingerprint density at radius 3 is 2.95 bits per heavy atom. The van der Waals surface area contributed by atoms with Crippen molar-refractivity contribution >= 4 is 23.6 Å². The van der Waals surface area contributed by atoms with E-state index in [-0.39, 0.29) is 5.91 Å². The van der Waals surface area contributed by atoms with Crippen LogP contribution in [0, 0.1) is 0 Å². The molecule has 0 unspecified atom stereocenters. The molecule has 2 N–H and O–H groups in total. The highest BCUT2D eigenvalue weighted by atomic mass is 32.2. The largest absolute Gasteiger partial charge is 0.368 e. The van der Waals surface area contributed by atoms with E-state index in [1.54, 1.807) is 22.7 Å². The molecule has 1 aliphatic heterocycles. The maximum Gasteiger partial charge on any atom is 0.254 e. The van der Waals surface area contributed by atoms with Gasteiger partial charge >= 0.3 is 0 Å². The van der Waals surface area contributed by atoms with Crippen molar-refractivity contribution in [3.63, 3.8) is 0 Å². The number of likely N-dealkylation sites (tertiary alicyclic amines) is 1.